The number of imidazole rings is 1. The minimum atomic E-state index is -0.496. The predicted molar refractivity (Wildman–Crippen MR) is 67.0 cm³/mol. The number of H-pyrrole nitrogens is 1. The molecule has 6 nitrogen and oxygen atoms in total. The van der Waals surface area contributed by atoms with Gasteiger partial charge in [-0.3, -0.25) is 4.79 Å². The van der Waals surface area contributed by atoms with Crippen molar-refractivity contribution < 1.29 is 9.53 Å². The molecule has 0 saturated carbocycles. The highest BCUT2D eigenvalue weighted by Crippen LogP contribution is 2.17. The van der Waals surface area contributed by atoms with E-state index in [1.807, 2.05) is 12.1 Å². The van der Waals surface area contributed by atoms with Gasteiger partial charge in [0, 0.05) is 24.1 Å². The second kappa shape index (κ2) is 5.72. The molecule has 94 valence electrons. The van der Waals surface area contributed by atoms with Gasteiger partial charge in [-0.2, -0.15) is 0 Å². The molecule has 1 aromatic heterocycles. The maximum atomic E-state index is 10.6. The molecule has 2 aromatic rings. The van der Waals surface area contributed by atoms with E-state index in [0.717, 1.165) is 11.5 Å². The molecule has 0 radical (unpaired) electrons. The lowest BCUT2D eigenvalue weighted by atomic mass is 10.3. The lowest BCUT2D eigenvalue weighted by Crippen LogP contribution is -2.20. The van der Waals surface area contributed by atoms with Crippen LogP contribution < -0.4 is 15.8 Å². The van der Waals surface area contributed by atoms with Crippen LogP contribution in [0.15, 0.2) is 36.7 Å². The Morgan fingerprint density at radius 2 is 2.39 bits per heavy atom. The van der Waals surface area contributed by atoms with Gasteiger partial charge >= 0.3 is 0 Å². The van der Waals surface area contributed by atoms with Gasteiger partial charge < -0.3 is 20.8 Å². The van der Waals surface area contributed by atoms with Crippen molar-refractivity contribution in [2.24, 2.45) is 5.73 Å². The summed E-state index contributed by atoms with van der Waals surface area (Å²) in [5, 5.41) is 3.19. The molecule has 0 aliphatic rings. The second-order valence-corrected chi connectivity index (χ2v) is 3.67. The van der Waals surface area contributed by atoms with Crippen LogP contribution in [0.3, 0.4) is 0 Å². The molecule has 0 aliphatic heterocycles. The zero-order valence-corrected chi connectivity index (χ0v) is 9.72. The molecule has 0 aliphatic carbocycles. The van der Waals surface area contributed by atoms with Crippen molar-refractivity contribution in [3.8, 4) is 5.75 Å². The predicted octanol–water partition coefficient (Wildman–Crippen LogP) is 0.886. The Balaban J connectivity index is 1.92. The number of nitrogens with two attached hydrogens (primary N) is 1. The number of amides is 1. The van der Waals surface area contributed by atoms with Crippen LogP contribution in [-0.2, 0) is 11.3 Å². The molecule has 0 spiro atoms. The molecule has 4 N–H and O–H groups in total. The van der Waals surface area contributed by atoms with Crippen molar-refractivity contribution in [3.63, 3.8) is 0 Å². The number of nitrogens with zero attached hydrogens (tertiary/aromatic N) is 1. The van der Waals surface area contributed by atoms with Crippen molar-refractivity contribution in [2.45, 2.75) is 6.54 Å². The number of hydrogen-bond acceptors (Lipinski definition) is 4. The number of nitrogens with one attached hydrogen (secondary N) is 2. The van der Waals surface area contributed by atoms with Gasteiger partial charge in [0.2, 0.25) is 0 Å². The zero-order chi connectivity index (χ0) is 12.8. The Morgan fingerprint density at radius 3 is 3.11 bits per heavy atom. The first kappa shape index (κ1) is 12.0. The van der Waals surface area contributed by atoms with Gasteiger partial charge in [-0.05, 0) is 12.1 Å². The van der Waals surface area contributed by atoms with Crippen molar-refractivity contribution in [2.75, 3.05) is 11.9 Å². The first-order chi connectivity index (χ1) is 8.74. The molecule has 6 heteroatoms. The second-order valence-electron chi connectivity index (χ2n) is 3.67. The lowest BCUT2D eigenvalue weighted by Gasteiger charge is -2.07. The number of carbonyl (C=O) groups excluding carboxylic acids is 1. The maximum Gasteiger partial charge on any atom is 0.255 e. The zero-order valence-electron chi connectivity index (χ0n) is 9.72. The summed E-state index contributed by atoms with van der Waals surface area (Å²) in [7, 11) is 0. The molecule has 1 amide bonds. The first-order valence-electron chi connectivity index (χ1n) is 5.47. The van der Waals surface area contributed by atoms with Crippen molar-refractivity contribution >= 4 is 11.6 Å². The number of ether oxygens (including phenoxy) is 1. The summed E-state index contributed by atoms with van der Waals surface area (Å²) in [5.74, 6) is 0.945. The number of benzene rings is 1. The molecular weight excluding hydrogens is 232 g/mol. The molecule has 1 aromatic carbocycles. The van der Waals surface area contributed by atoms with Gasteiger partial charge in [-0.25, -0.2) is 4.98 Å². The topological polar surface area (TPSA) is 93.0 Å². The summed E-state index contributed by atoms with van der Waals surface area (Å²) in [6.07, 6.45) is 3.47. The number of carbonyl (C=O) groups is 1. The normalized spacial score (nSPS) is 10.0. The van der Waals surface area contributed by atoms with Crippen LogP contribution in [-0.4, -0.2) is 22.5 Å². The van der Waals surface area contributed by atoms with Gasteiger partial charge in [0.25, 0.3) is 5.91 Å². The fraction of sp³-hybridized carbons (Fsp3) is 0.167. The molecular formula is C12H14N4O2. The molecule has 2 rings (SSSR count). The molecule has 18 heavy (non-hydrogen) atoms. The van der Waals surface area contributed by atoms with Crippen LogP contribution in [0.4, 0.5) is 5.69 Å². The summed E-state index contributed by atoms with van der Waals surface area (Å²) in [6.45, 7) is 0.466. The Kier molecular flexibility index (Phi) is 3.80. The smallest absolute Gasteiger partial charge is 0.255 e. The average molecular weight is 246 g/mol. The number of hydrogen-bond donors (Lipinski definition) is 3. The van der Waals surface area contributed by atoms with Gasteiger partial charge in [-0.15, -0.1) is 0 Å². The SMILES string of the molecule is NC(=O)COc1cccc(NCc2ncc[nH]2)c1. The van der Waals surface area contributed by atoms with E-state index in [4.69, 9.17) is 10.5 Å². The molecule has 1 heterocycles. The highest BCUT2D eigenvalue weighted by molar-refractivity contribution is 5.75. The van der Waals surface area contributed by atoms with E-state index in [9.17, 15) is 4.79 Å². The maximum absolute atomic E-state index is 10.6. The van der Waals surface area contributed by atoms with Crippen LogP contribution in [0.25, 0.3) is 0 Å². The van der Waals surface area contributed by atoms with E-state index in [0.29, 0.717) is 12.3 Å². The number of aromatic nitrogens is 2. The Hall–Kier alpha value is -2.50. The molecule has 0 saturated heterocycles. The molecule has 0 unspecified atom stereocenters. The summed E-state index contributed by atoms with van der Waals surface area (Å²) in [6, 6.07) is 7.30. The Labute approximate surface area is 104 Å². The summed E-state index contributed by atoms with van der Waals surface area (Å²) < 4.78 is 5.21. The average Bonchev–Trinajstić information content (AvgIpc) is 2.87. The molecule has 0 bridgehead atoms. The minimum absolute atomic E-state index is 0.123. The molecule has 0 fully saturated rings. The number of anilines is 1. The molecule has 0 atom stereocenters. The largest absolute Gasteiger partial charge is 0.484 e. The minimum Gasteiger partial charge on any atom is -0.484 e. The highest BCUT2D eigenvalue weighted by atomic mass is 16.5. The third-order valence-corrected chi connectivity index (χ3v) is 2.23. The van der Waals surface area contributed by atoms with Gasteiger partial charge in [0.15, 0.2) is 6.61 Å². The number of rotatable bonds is 6. The monoisotopic (exact) mass is 246 g/mol. The van der Waals surface area contributed by atoms with Gasteiger partial charge in [-0.1, -0.05) is 6.07 Å². The highest BCUT2D eigenvalue weighted by Gasteiger charge is 2.00. The van der Waals surface area contributed by atoms with Crippen LogP contribution in [0, 0.1) is 0 Å². The number of primary amides is 1. The van der Waals surface area contributed by atoms with E-state index in [1.165, 1.54) is 0 Å². The number of aromatic amines is 1. The van der Waals surface area contributed by atoms with Crippen molar-refractivity contribution in [1.29, 1.82) is 0 Å². The Bertz CT molecular complexity index is 511. The first-order valence-corrected chi connectivity index (χ1v) is 5.47. The van der Waals surface area contributed by atoms with E-state index in [1.54, 1.807) is 24.5 Å². The third-order valence-electron chi connectivity index (χ3n) is 2.23. The van der Waals surface area contributed by atoms with Crippen LogP contribution in [0.1, 0.15) is 5.82 Å². The van der Waals surface area contributed by atoms with Crippen LogP contribution in [0.5, 0.6) is 5.75 Å². The van der Waals surface area contributed by atoms with E-state index in [-0.39, 0.29) is 6.61 Å². The van der Waals surface area contributed by atoms with Crippen molar-refractivity contribution in [1.82, 2.24) is 9.97 Å². The van der Waals surface area contributed by atoms with Crippen LogP contribution in [0.2, 0.25) is 0 Å². The van der Waals surface area contributed by atoms with E-state index in [2.05, 4.69) is 15.3 Å². The van der Waals surface area contributed by atoms with E-state index < -0.39 is 5.91 Å². The van der Waals surface area contributed by atoms with Gasteiger partial charge in [0.1, 0.15) is 11.6 Å². The summed E-state index contributed by atoms with van der Waals surface area (Å²) in [4.78, 5) is 17.7. The quantitative estimate of drug-likeness (QED) is 0.705. The van der Waals surface area contributed by atoms with Gasteiger partial charge in [0.05, 0.1) is 6.54 Å². The Morgan fingerprint density at radius 1 is 1.50 bits per heavy atom. The fourth-order valence-electron chi connectivity index (χ4n) is 1.43. The van der Waals surface area contributed by atoms with Crippen molar-refractivity contribution in [3.05, 3.63) is 42.5 Å². The fourth-order valence-corrected chi connectivity index (χ4v) is 1.43. The van der Waals surface area contributed by atoms with Crippen LogP contribution >= 0.6 is 0 Å². The van der Waals surface area contributed by atoms with E-state index >= 15 is 0 Å². The third kappa shape index (κ3) is 3.51. The lowest BCUT2D eigenvalue weighted by molar-refractivity contribution is -0.119. The standard InChI is InChI=1S/C12H14N4O2/c13-11(17)8-18-10-3-1-2-9(6-10)16-7-12-14-4-5-15-12/h1-6,16H,7-8H2,(H2,13,17)(H,14,15). The summed E-state index contributed by atoms with van der Waals surface area (Å²) in [5.41, 5.74) is 5.89. The summed E-state index contributed by atoms with van der Waals surface area (Å²) >= 11 is 0.